The van der Waals surface area contributed by atoms with Gasteiger partial charge in [-0.2, -0.15) is 0 Å². The van der Waals surface area contributed by atoms with Crippen LogP contribution < -0.4 is 0 Å². The van der Waals surface area contributed by atoms with E-state index >= 15 is 0 Å². The summed E-state index contributed by atoms with van der Waals surface area (Å²) in [6, 6.07) is 1.05. The smallest absolute Gasteiger partial charge is 0.374 e. The Balaban J connectivity index is 2.79. The van der Waals surface area contributed by atoms with Gasteiger partial charge in [0.2, 0.25) is 5.76 Å². The van der Waals surface area contributed by atoms with Crippen LogP contribution in [0.5, 0.6) is 0 Å². The molecule has 1 unspecified atom stereocenters. The Morgan fingerprint density at radius 2 is 2.16 bits per heavy atom. The summed E-state index contributed by atoms with van der Waals surface area (Å²) in [4.78, 5) is 11.5. The van der Waals surface area contributed by atoms with Crippen molar-refractivity contribution >= 4 is 25.7 Å². The van der Waals surface area contributed by atoms with Crippen LogP contribution in [0.25, 0.3) is 0 Å². The molecular formula is C11H15ClO6S. The predicted octanol–water partition coefficient (Wildman–Crippen LogP) is 2.10. The van der Waals surface area contributed by atoms with Gasteiger partial charge < -0.3 is 13.9 Å². The van der Waals surface area contributed by atoms with Crippen molar-refractivity contribution in [3.05, 3.63) is 17.6 Å². The molecular weight excluding hydrogens is 296 g/mol. The standard InChI is InChI=1S/C11H15ClO6S/c1-4-16-6-7(2)17-11(13)9-5-10(8(3)18-9)19(12,14)15/h5,7H,4,6H2,1-3H3. The maximum Gasteiger partial charge on any atom is 0.374 e. The fourth-order valence-electron chi connectivity index (χ4n) is 1.37. The first-order valence-corrected chi connectivity index (χ1v) is 7.90. The highest BCUT2D eigenvalue weighted by Crippen LogP contribution is 2.24. The van der Waals surface area contributed by atoms with Crippen molar-refractivity contribution in [3.63, 3.8) is 0 Å². The minimum absolute atomic E-state index is 0.0411. The molecule has 1 rings (SSSR count). The Kier molecular flexibility index (Phi) is 5.39. The van der Waals surface area contributed by atoms with E-state index in [2.05, 4.69) is 0 Å². The van der Waals surface area contributed by atoms with E-state index in [1.807, 2.05) is 6.92 Å². The second-order valence-corrected chi connectivity index (χ2v) is 6.38. The average molecular weight is 311 g/mol. The number of furan rings is 1. The summed E-state index contributed by atoms with van der Waals surface area (Å²) in [6.45, 7) is 5.64. The summed E-state index contributed by atoms with van der Waals surface area (Å²) in [5.74, 6) is -0.929. The average Bonchev–Trinajstić information content (AvgIpc) is 2.68. The van der Waals surface area contributed by atoms with E-state index in [4.69, 9.17) is 24.6 Å². The van der Waals surface area contributed by atoms with E-state index in [0.29, 0.717) is 6.61 Å². The summed E-state index contributed by atoms with van der Waals surface area (Å²) in [5.41, 5.74) is 0. The summed E-state index contributed by atoms with van der Waals surface area (Å²) in [5, 5.41) is 0. The van der Waals surface area contributed by atoms with Crippen LogP contribution in [-0.4, -0.2) is 33.7 Å². The topological polar surface area (TPSA) is 82.8 Å². The molecule has 0 aliphatic rings. The highest BCUT2D eigenvalue weighted by molar-refractivity contribution is 8.13. The number of hydrogen-bond donors (Lipinski definition) is 0. The molecule has 6 nitrogen and oxygen atoms in total. The van der Waals surface area contributed by atoms with Gasteiger partial charge in [0.25, 0.3) is 9.05 Å². The Morgan fingerprint density at radius 3 is 2.63 bits per heavy atom. The molecule has 8 heteroatoms. The van der Waals surface area contributed by atoms with Gasteiger partial charge in [0, 0.05) is 23.4 Å². The number of halogens is 1. The van der Waals surface area contributed by atoms with Crippen LogP contribution in [0.3, 0.4) is 0 Å². The van der Waals surface area contributed by atoms with E-state index in [0.717, 1.165) is 6.07 Å². The molecule has 0 aliphatic carbocycles. The van der Waals surface area contributed by atoms with Gasteiger partial charge in [-0.15, -0.1) is 0 Å². The molecule has 1 heterocycles. The Morgan fingerprint density at radius 1 is 1.53 bits per heavy atom. The van der Waals surface area contributed by atoms with E-state index in [1.54, 1.807) is 6.92 Å². The molecule has 1 aromatic heterocycles. The van der Waals surface area contributed by atoms with Crippen molar-refractivity contribution in [1.29, 1.82) is 0 Å². The summed E-state index contributed by atoms with van der Waals surface area (Å²) >= 11 is 0. The van der Waals surface area contributed by atoms with Gasteiger partial charge in [-0.25, -0.2) is 13.2 Å². The molecule has 19 heavy (non-hydrogen) atoms. The van der Waals surface area contributed by atoms with Crippen molar-refractivity contribution in [2.75, 3.05) is 13.2 Å². The Hall–Kier alpha value is -1.05. The third-order valence-electron chi connectivity index (χ3n) is 2.20. The van der Waals surface area contributed by atoms with E-state index in [-0.39, 0.29) is 23.0 Å². The zero-order valence-corrected chi connectivity index (χ0v) is 12.4. The van der Waals surface area contributed by atoms with Crippen molar-refractivity contribution < 1.29 is 27.1 Å². The van der Waals surface area contributed by atoms with E-state index in [1.165, 1.54) is 6.92 Å². The van der Waals surface area contributed by atoms with Gasteiger partial charge >= 0.3 is 5.97 Å². The third kappa shape index (κ3) is 4.52. The lowest BCUT2D eigenvalue weighted by atomic mass is 10.4. The molecule has 0 bridgehead atoms. The molecule has 0 N–H and O–H groups in total. The Bertz CT molecular complexity index is 548. The highest BCUT2D eigenvalue weighted by atomic mass is 35.7. The van der Waals surface area contributed by atoms with E-state index in [9.17, 15) is 13.2 Å². The largest absolute Gasteiger partial charge is 0.454 e. The molecule has 0 fully saturated rings. The SMILES string of the molecule is CCOCC(C)OC(=O)c1cc(S(=O)(=O)Cl)c(C)o1. The molecule has 108 valence electrons. The molecule has 0 aromatic carbocycles. The van der Waals surface area contributed by atoms with Gasteiger partial charge in [0.05, 0.1) is 6.61 Å². The first-order chi connectivity index (χ1) is 8.75. The summed E-state index contributed by atoms with van der Waals surface area (Å²) in [7, 11) is 1.25. The fourth-order valence-corrected chi connectivity index (χ4v) is 2.46. The molecule has 0 aliphatic heterocycles. The van der Waals surface area contributed by atoms with Crippen LogP contribution in [0, 0.1) is 6.92 Å². The van der Waals surface area contributed by atoms with Crippen LogP contribution in [0.15, 0.2) is 15.4 Å². The first-order valence-electron chi connectivity index (χ1n) is 5.59. The Labute approximate surface area is 116 Å². The number of carbonyl (C=O) groups is 1. The molecule has 1 aromatic rings. The van der Waals surface area contributed by atoms with Crippen LogP contribution >= 0.6 is 10.7 Å². The van der Waals surface area contributed by atoms with Crippen molar-refractivity contribution in [1.82, 2.24) is 0 Å². The molecule has 0 saturated heterocycles. The normalized spacial score (nSPS) is 13.3. The van der Waals surface area contributed by atoms with Gasteiger partial charge in [0.15, 0.2) is 0 Å². The van der Waals surface area contributed by atoms with Gasteiger partial charge in [-0.1, -0.05) is 0 Å². The second-order valence-electron chi connectivity index (χ2n) is 3.84. The second kappa shape index (κ2) is 6.40. The molecule has 0 spiro atoms. The highest BCUT2D eigenvalue weighted by Gasteiger charge is 2.24. The van der Waals surface area contributed by atoms with Crippen LogP contribution in [0.2, 0.25) is 0 Å². The number of esters is 1. The minimum atomic E-state index is -3.94. The zero-order valence-electron chi connectivity index (χ0n) is 10.8. The van der Waals surface area contributed by atoms with Gasteiger partial charge in [0.1, 0.15) is 16.8 Å². The molecule has 0 amide bonds. The number of carbonyl (C=O) groups excluding carboxylic acids is 1. The summed E-state index contributed by atoms with van der Waals surface area (Å²) in [6.07, 6.45) is -0.464. The maximum absolute atomic E-state index is 11.7. The minimum Gasteiger partial charge on any atom is -0.454 e. The van der Waals surface area contributed by atoms with Crippen LogP contribution in [0.4, 0.5) is 0 Å². The number of aryl methyl sites for hydroxylation is 1. The molecule has 0 saturated carbocycles. The van der Waals surface area contributed by atoms with Gasteiger partial charge in [-0.3, -0.25) is 0 Å². The monoisotopic (exact) mass is 310 g/mol. The lowest BCUT2D eigenvalue weighted by molar-refractivity contribution is 0.00168. The lowest BCUT2D eigenvalue weighted by Gasteiger charge is -2.11. The van der Waals surface area contributed by atoms with Crippen LogP contribution in [0.1, 0.15) is 30.2 Å². The lowest BCUT2D eigenvalue weighted by Crippen LogP contribution is -2.20. The fraction of sp³-hybridized carbons (Fsp3) is 0.545. The van der Waals surface area contributed by atoms with E-state index < -0.39 is 21.1 Å². The van der Waals surface area contributed by atoms with Crippen molar-refractivity contribution in [2.45, 2.75) is 31.8 Å². The summed E-state index contributed by atoms with van der Waals surface area (Å²) < 4.78 is 37.5. The molecule has 0 radical (unpaired) electrons. The van der Waals surface area contributed by atoms with Crippen molar-refractivity contribution in [3.8, 4) is 0 Å². The third-order valence-corrected chi connectivity index (χ3v) is 3.63. The zero-order chi connectivity index (χ0) is 14.6. The quantitative estimate of drug-likeness (QED) is 0.591. The molecule has 1 atom stereocenters. The maximum atomic E-state index is 11.7. The van der Waals surface area contributed by atoms with Crippen LogP contribution in [-0.2, 0) is 18.5 Å². The predicted molar refractivity (Wildman–Crippen MR) is 67.9 cm³/mol. The number of rotatable bonds is 6. The van der Waals surface area contributed by atoms with Gasteiger partial charge in [-0.05, 0) is 20.8 Å². The number of hydrogen-bond acceptors (Lipinski definition) is 6. The van der Waals surface area contributed by atoms with Crippen molar-refractivity contribution in [2.24, 2.45) is 0 Å². The number of ether oxygens (including phenoxy) is 2. The first kappa shape index (κ1) is 16.0.